The average Bonchev–Trinajstić information content (AvgIpc) is 3.08. The van der Waals surface area contributed by atoms with Gasteiger partial charge in [0.1, 0.15) is 11.5 Å². The SMILES string of the molecule is CCCOc1ccc(/C(O)=C2/C(=O)C(=O)N(CCN(CC)CC)C2c2ccc(Cl)cc2)cc1. The van der Waals surface area contributed by atoms with Gasteiger partial charge in [0.15, 0.2) is 0 Å². The third-order valence-corrected chi connectivity index (χ3v) is 6.13. The topological polar surface area (TPSA) is 70.1 Å². The fourth-order valence-corrected chi connectivity index (χ4v) is 4.10. The van der Waals surface area contributed by atoms with E-state index in [1.165, 1.54) is 0 Å². The van der Waals surface area contributed by atoms with Crippen molar-refractivity contribution in [2.75, 3.05) is 32.8 Å². The molecule has 3 rings (SSSR count). The lowest BCUT2D eigenvalue weighted by Crippen LogP contribution is -2.38. The van der Waals surface area contributed by atoms with Crippen LogP contribution in [0.15, 0.2) is 54.1 Å². The van der Waals surface area contributed by atoms with Crippen LogP contribution in [0.4, 0.5) is 0 Å². The number of hydrogen-bond donors (Lipinski definition) is 1. The minimum Gasteiger partial charge on any atom is -0.507 e. The van der Waals surface area contributed by atoms with Crippen LogP contribution in [0.1, 0.15) is 44.4 Å². The number of ether oxygens (including phenoxy) is 1. The molecule has 0 bridgehead atoms. The van der Waals surface area contributed by atoms with E-state index in [4.69, 9.17) is 16.3 Å². The lowest BCUT2D eigenvalue weighted by atomic mass is 9.95. The number of amides is 1. The van der Waals surface area contributed by atoms with Crippen molar-refractivity contribution in [2.24, 2.45) is 0 Å². The Morgan fingerprint density at radius 3 is 2.24 bits per heavy atom. The number of likely N-dealkylation sites (tertiary alicyclic amines) is 1. The number of halogens is 1. The molecule has 1 fully saturated rings. The third kappa shape index (κ3) is 5.57. The summed E-state index contributed by atoms with van der Waals surface area (Å²) in [6.07, 6.45) is 0.889. The summed E-state index contributed by atoms with van der Waals surface area (Å²) in [5.41, 5.74) is 1.27. The molecule has 1 atom stereocenters. The Kier molecular flexibility index (Phi) is 8.53. The summed E-state index contributed by atoms with van der Waals surface area (Å²) >= 11 is 6.07. The number of nitrogens with zero attached hydrogens (tertiary/aromatic N) is 2. The molecule has 0 radical (unpaired) electrons. The molecule has 0 aromatic heterocycles. The molecule has 7 heteroatoms. The summed E-state index contributed by atoms with van der Waals surface area (Å²) in [6.45, 7) is 9.44. The lowest BCUT2D eigenvalue weighted by molar-refractivity contribution is -0.140. The van der Waals surface area contributed by atoms with E-state index in [0.29, 0.717) is 36.0 Å². The second kappa shape index (κ2) is 11.3. The summed E-state index contributed by atoms with van der Waals surface area (Å²) in [5, 5.41) is 11.7. The Bertz CT molecular complexity index is 998. The monoisotopic (exact) mass is 470 g/mol. The van der Waals surface area contributed by atoms with Crippen molar-refractivity contribution in [1.82, 2.24) is 9.80 Å². The number of carbonyl (C=O) groups is 2. The Labute approximate surface area is 200 Å². The molecule has 1 aliphatic heterocycles. The van der Waals surface area contributed by atoms with Crippen molar-refractivity contribution >= 4 is 29.1 Å². The minimum absolute atomic E-state index is 0.0871. The first-order valence-corrected chi connectivity index (χ1v) is 11.8. The summed E-state index contributed by atoms with van der Waals surface area (Å²) in [4.78, 5) is 29.9. The summed E-state index contributed by atoms with van der Waals surface area (Å²) in [6, 6.07) is 13.2. The zero-order valence-electron chi connectivity index (χ0n) is 19.4. The van der Waals surface area contributed by atoms with E-state index in [-0.39, 0.29) is 11.3 Å². The molecule has 6 nitrogen and oxygen atoms in total. The smallest absolute Gasteiger partial charge is 0.295 e. The van der Waals surface area contributed by atoms with E-state index in [0.717, 1.165) is 25.1 Å². The molecule has 2 aromatic carbocycles. The predicted molar refractivity (Wildman–Crippen MR) is 130 cm³/mol. The molecule has 1 heterocycles. The van der Waals surface area contributed by atoms with Gasteiger partial charge in [0.25, 0.3) is 11.7 Å². The van der Waals surface area contributed by atoms with Crippen LogP contribution in [0.5, 0.6) is 5.75 Å². The molecule has 33 heavy (non-hydrogen) atoms. The van der Waals surface area contributed by atoms with Crippen LogP contribution < -0.4 is 4.74 Å². The van der Waals surface area contributed by atoms with E-state index in [2.05, 4.69) is 18.7 Å². The first-order chi connectivity index (χ1) is 15.9. The number of benzene rings is 2. The Hall–Kier alpha value is -2.83. The number of ketones is 1. The molecule has 1 unspecified atom stereocenters. The van der Waals surface area contributed by atoms with Gasteiger partial charge in [0.2, 0.25) is 0 Å². The van der Waals surface area contributed by atoms with Crippen molar-refractivity contribution in [1.29, 1.82) is 0 Å². The standard InChI is InChI=1S/C26H31ClN2O4/c1-4-17-33-21-13-9-19(10-14-21)24(30)22-23(18-7-11-20(27)12-8-18)29(26(32)25(22)31)16-15-28(5-2)6-3/h7-14,23,30H,4-6,15-17H2,1-3H3/b24-22-. The molecule has 176 valence electrons. The van der Waals surface area contributed by atoms with E-state index in [9.17, 15) is 14.7 Å². The van der Waals surface area contributed by atoms with E-state index < -0.39 is 17.7 Å². The van der Waals surface area contributed by atoms with Gasteiger partial charge >= 0.3 is 0 Å². The minimum atomic E-state index is -0.686. The van der Waals surface area contributed by atoms with Gasteiger partial charge in [0.05, 0.1) is 18.2 Å². The summed E-state index contributed by atoms with van der Waals surface area (Å²) in [5.74, 6) is -0.798. The van der Waals surface area contributed by atoms with Crippen molar-refractivity contribution in [3.63, 3.8) is 0 Å². The van der Waals surface area contributed by atoms with Crippen molar-refractivity contribution in [2.45, 2.75) is 33.2 Å². The maximum absolute atomic E-state index is 13.1. The number of aliphatic hydroxyl groups is 1. The van der Waals surface area contributed by atoms with Crippen LogP contribution >= 0.6 is 11.6 Å². The maximum atomic E-state index is 13.1. The van der Waals surface area contributed by atoms with Crippen LogP contribution in [0.25, 0.3) is 5.76 Å². The molecule has 1 N–H and O–H groups in total. The fraction of sp³-hybridized carbons (Fsp3) is 0.385. The lowest BCUT2D eigenvalue weighted by Gasteiger charge is -2.28. The highest BCUT2D eigenvalue weighted by molar-refractivity contribution is 6.46. The quantitative estimate of drug-likeness (QED) is 0.304. The van der Waals surface area contributed by atoms with Crippen molar-refractivity contribution < 1.29 is 19.4 Å². The average molecular weight is 471 g/mol. The van der Waals surface area contributed by atoms with Crippen LogP contribution in [0, 0.1) is 0 Å². The number of aliphatic hydroxyl groups excluding tert-OH is 1. The molecule has 0 spiro atoms. The van der Waals surface area contributed by atoms with Gasteiger partial charge in [-0.25, -0.2) is 0 Å². The second-order valence-electron chi connectivity index (χ2n) is 7.94. The normalized spacial score (nSPS) is 17.7. The fourth-order valence-electron chi connectivity index (χ4n) is 3.98. The first kappa shape index (κ1) is 24.8. The first-order valence-electron chi connectivity index (χ1n) is 11.4. The predicted octanol–water partition coefficient (Wildman–Crippen LogP) is 4.89. The molecule has 0 aliphatic carbocycles. The zero-order valence-corrected chi connectivity index (χ0v) is 20.1. The summed E-state index contributed by atoms with van der Waals surface area (Å²) in [7, 11) is 0. The number of rotatable bonds is 10. The van der Waals surface area contributed by atoms with E-state index in [1.54, 1.807) is 53.4 Å². The second-order valence-corrected chi connectivity index (χ2v) is 8.38. The molecule has 2 aromatic rings. The van der Waals surface area contributed by atoms with Gasteiger partial charge in [-0.05, 0) is 61.5 Å². The number of Topliss-reactive ketones (excluding diaryl/α,β-unsaturated/α-hetero) is 1. The molecular weight excluding hydrogens is 440 g/mol. The molecular formula is C26H31ClN2O4. The van der Waals surface area contributed by atoms with E-state index >= 15 is 0 Å². The van der Waals surface area contributed by atoms with Crippen LogP contribution in [0.2, 0.25) is 5.02 Å². The Morgan fingerprint density at radius 2 is 1.67 bits per heavy atom. The highest BCUT2D eigenvalue weighted by Gasteiger charge is 2.45. The van der Waals surface area contributed by atoms with Crippen LogP contribution in [-0.4, -0.2) is 59.4 Å². The van der Waals surface area contributed by atoms with Crippen molar-refractivity contribution in [3.05, 3.63) is 70.3 Å². The van der Waals surface area contributed by atoms with Gasteiger partial charge in [-0.2, -0.15) is 0 Å². The summed E-state index contributed by atoms with van der Waals surface area (Å²) < 4.78 is 5.60. The molecule has 1 amide bonds. The van der Waals surface area contributed by atoms with Gasteiger partial charge in [-0.1, -0.05) is 44.5 Å². The van der Waals surface area contributed by atoms with Gasteiger partial charge in [-0.3, -0.25) is 9.59 Å². The van der Waals surface area contributed by atoms with Crippen LogP contribution in [-0.2, 0) is 9.59 Å². The van der Waals surface area contributed by atoms with Gasteiger partial charge in [0, 0.05) is 23.7 Å². The highest BCUT2D eigenvalue weighted by atomic mass is 35.5. The Morgan fingerprint density at radius 1 is 1.03 bits per heavy atom. The molecule has 1 aliphatic rings. The number of hydrogen-bond acceptors (Lipinski definition) is 5. The van der Waals surface area contributed by atoms with E-state index in [1.807, 2.05) is 6.92 Å². The van der Waals surface area contributed by atoms with Crippen LogP contribution in [0.3, 0.4) is 0 Å². The molecule has 0 saturated carbocycles. The maximum Gasteiger partial charge on any atom is 0.295 e. The zero-order chi connectivity index (χ0) is 24.0. The van der Waals surface area contributed by atoms with Crippen molar-refractivity contribution in [3.8, 4) is 5.75 Å². The Balaban J connectivity index is 2.02. The largest absolute Gasteiger partial charge is 0.507 e. The molecule has 1 saturated heterocycles. The third-order valence-electron chi connectivity index (χ3n) is 5.88. The number of likely N-dealkylation sites (N-methyl/N-ethyl adjacent to an activating group) is 1. The highest BCUT2D eigenvalue weighted by Crippen LogP contribution is 2.39. The van der Waals surface area contributed by atoms with Gasteiger partial charge in [-0.15, -0.1) is 0 Å². The number of carbonyl (C=O) groups excluding carboxylic acids is 2. The van der Waals surface area contributed by atoms with Gasteiger partial charge < -0.3 is 19.6 Å².